The fraction of sp³-hybridized carbons (Fsp3) is 0.700. The number of hydrogen-bond donors (Lipinski definition) is 3. The molecular formula is C10H16N3O5+. The molecule has 0 unspecified atom stereocenters. The van der Waals surface area contributed by atoms with Crippen LogP contribution in [0.15, 0.2) is 4.79 Å². The highest BCUT2D eigenvalue weighted by Gasteiger charge is 2.40. The molecule has 18 heavy (non-hydrogen) atoms. The molecule has 0 spiro atoms. The minimum absolute atomic E-state index is 0.140. The van der Waals surface area contributed by atoms with Gasteiger partial charge in [0, 0.05) is 6.42 Å². The van der Waals surface area contributed by atoms with Gasteiger partial charge in [0.05, 0.1) is 19.8 Å². The second-order valence-electron chi connectivity index (χ2n) is 4.11. The Bertz CT molecular complexity index is 489. The molecule has 8 heteroatoms. The summed E-state index contributed by atoms with van der Waals surface area (Å²) < 4.78 is 11.8. The van der Waals surface area contributed by atoms with E-state index in [4.69, 9.17) is 14.6 Å². The van der Waals surface area contributed by atoms with E-state index in [2.05, 4.69) is 10.1 Å². The van der Waals surface area contributed by atoms with Gasteiger partial charge in [0.2, 0.25) is 6.23 Å². The zero-order valence-corrected chi connectivity index (χ0v) is 10.2. The van der Waals surface area contributed by atoms with Crippen LogP contribution >= 0.6 is 0 Å². The lowest BCUT2D eigenvalue weighted by atomic mass is 10.2. The summed E-state index contributed by atoms with van der Waals surface area (Å²) in [5, 5.41) is 22.8. The number of ether oxygens (including phenoxy) is 2. The number of methoxy groups -OCH3 is 1. The highest BCUT2D eigenvalue weighted by atomic mass is 16.6. The van der Waals surface area contributed by atoms with Gasteiger partial charge in [-0.1, -0.05) is 9.78 Å². The second-order valence-corrected chi connectivity index (χ2v) is 4.11. The van der Waals surface area contributed by atoms with Crippen molar-refractivity contribution in [2.45, 2.75) is 31.8 Å². The van der Waals surface area contributed by atoms with Crippen molar-refractivity contribution in [3.63, 3.8) is 0 Å². The number of aliphatic hydroxyl groups is 2. The normalized spacial score (nSPS) is 27.4. The van der Waals surface area contributed by atoms with Crippen LogP contribution in [0.25, 0.3) is 0 Å². The maximum absolute atomic E-state index is 11.4. The number of aromatic amines is 1. The molecule has 2 heterocycles. The Morgan fingerprint density at radius 3 is 2.94 bits per heavy atom. The summed E-state index contributed by atoms with van der Waals surface area (Å²) in [6.45, 7) is 1.28. The van der Waals surface area contributed by atoms with Gasteiger partial charge in [0.15, 0.2) is 5.69 Å². The van der Waals surface area contributed by atoms with Crippen LogP contribution < -0.4 is 15.0 Å². The predicted octanol–water partition coefficient (Wildman–Crippen LogP) is -1.98. The van der Waals surface area contributed by atoms with Gasteiger partial charge in [0.1, 0.15) is 6.10 Å². The van der Waals surface area contributed by atoms with Crippen molar-refractivity contribution in [3.05, 3.63) is 16.0 Å². The number of aryl methyl sites for hydroxylation is 1. The average Bonchev–Trinajstić information content (AvgIpc) is 2.73. The molecule has 1 fully saturated rings. The molecule has 1 aliphatic heterocycles. The first-order valence-corrected chi connectivity index (χ1v) is 5.58. The summed E-state index contributed by atoms with van der Waals surface area (Å²) in [7, 11) is 1.40. The third-order valence-electron chi connectivity index (χ3n) is 2.87. The van der Waals surface area contributed by atoms with Gasteiger partial charge in [-0.3, -0.25) is 0 Å². The zero-order chi connectivity index (χ0) is 13.3. The van der Waals surface area contributed by atoms with E-state index in [0.29, 0.717) is 0 Å². The van der Waals surface area contributed by atoms with Crippen molar-refractivity contribution < 1.29 is 24.4 Å². The zero-order valence-electron chi connectivity index (χ0n) is 10.2. The van der Waals surface area contributed by atoms with E-state index >= 15 is 0 Å². The van der Waals surface area contributed by atoms with E-state index in [9.17, 15) is 9.90 Å². The van der Waals surface area contributed by atoms with Crippen LogP contribution in [-0.4, -0.2) is 46.2 Å². The third-order valence-corrected chi connectivity index (χ3v) is 2.87. The van der Waals surface area contributed by atoms with Gasteiger partial charge < -0.3 is 19.7 Å². The van der Waals surface area contributed by atoms with E-state index in [1.54, 1.807) is 6.92 Å². The Kier molecular flexibility index (Phi) is 3.60. The molecule has 1 aromatic heterocycles. The fourth-order valence-electron chi connectivity index (χ4n) is 1.87. The second kappa shape index (κ2) is 5.01. The standard InChI is InChI=1S/C10H15N3O5/c1-5-9(16)11-10(17-2)13(12-5)8-3-6(15)7(4-14)18-8/h6-8,14-15H,3-4H2,1-2H3/p+1/t6-,7+,8-/m0/s1. The van der Waals surface area contributed by atoms with E-state index in [-0.39, 0.29) is 30.3 Å². The average molecular weight is 258 g/mol. The molecule has 8 nitrogen and oxygen atoms in total. The lowest BCUT2D eigenvalue weighted by molar-refractivity contribution is -0.814. The quantitative estimate of drug-likeness (QED) is 0.542. The summed E-state index contributed by atoms with van der Waals surface area (Å²) in [4.78, 5) is 13.9. The third kappa shape index (κ3) is 2.22. The van der Waals surface area contributed by atoms with Gasteiger partial charge in [-0.25, -0.2) is 4.79 Å². The molecule has 1 aromatic rings. The van der Waals surface area contributed by atoms with Gasteiger partial charge in [-0.2, -0.15) is 4.98 Å². The number of hydrogen-bond acceptors (Lipinski definition) is 6. The molecule has 0 aliphatic carbocycles. The fourth-order valence-corrected chi connectivity index (χ4v) is 1.87. The molecule has 0 aromatic carbocycles. The molecule has 1 saturated heterocycles. The maximum atomic E-state index is 11.4. The Morgan fingerprint density at radius 1 is 1.67 bits per heavy atom. The monoisotopic (exact) mass is 258 g/mol. The molecular weight excluding hydrogens is 242 g/mol. The highest BCUT2D eigenvalue weighted by Crippen LogP contribution is 2.24. The summed E-state index contributed by atoms with van der Waals surface area (Å²) in [6, 6.07) is 0.140. The number of nitrogens with zero attached hydrogens (tertiary/aromatic N) is 2. The van der Waals surface area contributed by atoms with Gasteiger partial charge in [-0.15, -0.1) is 0 Å². The molecule has 1 aliphatic rings. The van der Waals surface area contributed by atoms with Gasteiger partial charge >= 0.3 is 11.6 Å². The molecule has 3 N–H and O–H groups in total. The number of nitrogens with one attached hydrogen (secondary N) is 1. The van der Waals surface area contributed by atoms with Gasteiger partial charge in [0.25, 0.3) is 0 Å². The lowest BCUT2D eigenvalue weighted by Crippen LogP contribution is -2.48. The molecule has 100 valence electrons. The molecule has 0 amide bonds. The first-order chi connectivity index (χ1) is 8.56. The molecule has 3 atom stereocenters. The number of aromatic nitrogens is 3. The first kappa shape index (κ1) is 12.9. The minimum Gasteiger partial charge on any atom is -0.433 e. The summed E-state index contributed by atoms with van der Waals surface area (Å²) in [5.41, 5.74) is -0.0818. The van der Waals surface area contributed by atoms with Crippen LogP contribution in [0.4, 0.5) is 0 Å². The Balaban J connectivity index is 2.34. The topological polar surface area (TPSA) is 109 Å². The van der Waals surface area contributed by atoms with Gasteiger partial charge in [-0.05, 0) is 6.92 Å². The van der Waals surface area contributed by atoms with Crippen LogP contribution in [0.1, 0.15) is 18.3 Å². The van der Waals surface area contributed by atoms with Crippen molar-refractivity contribution in [2.75, 3.05) is 13.7 Å². The Morgan fingerprint density at radius 2 is 2.39 bits per heavy atom. The van der Waals surface area contributed by atoms with E-state index in [1.165, 1.54) is 11.8 Å². The summed E-state index contributed by atoms with van der Waals surface area (Å²) in [6.07, 6.45) is -1.74. The van der Waals surface area contributed by atoms with Crippen molar-refractivity contribution in [1.29, 1.82) is 0 Å². The van der Waals surface area contributed by atoms with Crippen LogP contribution in [0.3, 0.4) is 0 Å². The van der Waals surface area contributed by atoms with Crippen LogP contribution in [0.2, 0.25) is 0 Å². The predicted molar refractivity (Wildman–Crippen MR) is 58.0 cm³/mol. The molecule has 0 radical (unpaired) electrons. The number of H-pyrrole nitrogens is 1. The Labute approximate surface area is 103 Å². The maximum Gasteiger partial charge on any atom is 0.480 e. The first-order valence-electron chi connectivity index (χ1n) is 5.58. The largest absolute Gasteiger partial charge is 0.480 e. The summed E-state index contributed by atoms with van der Waals surface area (Å²) >= 11 is 0. The number of rotatable bonds is 3. The van der Waals surface area contributed by atoms with Crippen molar-refractivity contribution in [1.82, 2.24) is 10.1 Å². The van der Waals surface area contributed by atoms with E-state index in [1.807, 2.05) is 0 Å². The highest BCUT2D eigenvalue weighted by molar-refractivity contribution is 4.91. The summed E-state index contributed by atoms with van der Waals surface area (Å²) in [5.74, 6) is 0. The van der Waals surface area contributed by atoms with E-state index in [0.717, 1.165) is 0 Å². The van der Waals surface area contributed by atoms with Crippen LogP contribution in [-0.2, 0) is 4.74 Å². The van der Waals surface area contributed by atoms with Crippen LogP contribution in [0.5, 0.6) is 6.01 Å². The van der Waals surface area contributed by atoms with E-state index < -0.39 is 18.4 Å². The minimum atomic E-state index is -0.772. The van der Waals surface area contributed by atoms with Crippen molar-refractivity contribution in [2.24, 2.45) is 0 Å². The van der Waals surface area contributed by atoms with Crippen LogP contribution in [0, 0.1) is 6.92 Å². The molecule has 0 bridgehead atoms. The van der Waals surface area contributed by atoms with Crippen molar-refractivity contribution in [3.8, 4) is 6.01 Å². The molecule has 2 rings (SSSR count). The molecule has 0 saturated carbocycles. The Hall–Kier alpha value is -1.51. The number of aliphatic hydroxyl groups excluding tert-OH is 2. The lowest BCUT2D eigenvalue weighted by Gasteiger charge is -2.10. The SMILES string of the molecule is COc1[nH]c(=O)c(C)n[n+]1[C@@H]1C[C@H](O)[C@@H](CO)O1. The van der Waals surface area contributed by atoms with Crippen molar-refractivity contribution >= 4 is 0 Å². The smallest absolute Gasteiger partial charge is 0.433 e.